The molecule has 0 aliphatic heterocycles. The summed E-state index contributed by atoms with van der Waals surface area (Å²) in [6.45, 7) is 0.0322. The van der Waals surface area contributed by atoms with E-state index < -0.39 is 25.2 Å². The fourth-order valence-electron chi connectivity index (χ4n) is 1.30. The van der Waals surface area contributed by atoms with Crippen LogP contribution in [0.2, 0.25) is 0 Å². The Morgan fingerprint density at radius 3 is 2.61 bits per heavy atom. The molecule has 1 heterocycles. The first-order valence-electron chi connectivity index (χ1n) is 5.50. The second-order valence-electron chi connectivity index (χ2n) is 3.83. The molecule has 0 amide bonds. The Bertz CT molecular complexity index is 387. The average molecular weight is 261 g/mol. The van der Waals surface area contributed by atoms with E-state index in [9.17, 15) is 18.0 Å². The molecule has 0 N–H and O–H groups in total. The molecule has 1 aromatic heterocycles. The van der Waals surface area contributed by atoms with Crippen molar-refractivity contribution < 1.29 is 22.7 Å². The number of ether oxygens (including phenoxy) is 1. The van der Waals surface area contributed by atoms with Crippen LogP contribution in [0.5, 0.6) is 0 Å². The van der Waals surface area contributed by atoms with Crippen molar-refractivity contribution in [2.24, 2.45) is 0 Å². The topological polar surface area (TPSA) is 39.2 Å². The molecule has 0 radical (unpaired) electrons. The highest BCUT2D eigenvalue weighted by Gasteiger charge is 2.27. The maximum atomic E-state index is 11.8. The predicted octanol–water partition coefficient (Wildman–Crippen LogP) is 2.33. The maximum absolute atomic E-state index is 11.8. The number of hydrogen-bond acceptors (Lipinski definition) is 3. The van der Waals surface area contributed by atoms with E-state index in [-0.39, 0.29) is 6.42 Å². The Kier molecular flexibility index (Phi) is 5.27. The van der Waals surface area contributed by atoms with Crippen LogP contribution in [0.25, 0.3) is 0 Å². The van der Waals surface area contributed by atoms with Crippen LogP contribution in [0.3, 0.4) is 0 Å². The average Bonchev–Trinajstić information content (AvgIpc) is 2.28. The minimum Gasteiger partial charge on any atom is -0.364 e. The third-order valence-electron chi connectivity index (χ3n) is 2.20. The van der Waals surface area contributed by atoms with Gasteiger partial charge in [-0.05, 0) is 18.1 Å². The first kappa shape index (κ1) is 14.6. The highest BCUT2D eigenvalue weighted by molar-refractivity contribution is 5.81. The lowest BCUT2D eigenvalue weighted by Crippen LogP contribution is -2.21. The van der Waals surface area contributed by atoms with Gasteiger partial charge in [-0.15, -0.1) is 0 Å². The Morgan fingerprint density at radius 2 is 2.11 bits per heavy atom. The lowest BCUT2D eigenvalue weighted by atomic mass is 10.1. The molecule has 0 saturated carbocycles. The van der Waals surface area contributed by atoms with Crippen LogP contribution in [0, 0.1) is 0 Å². The van der Waals surface area contributed by atoms with Gasteiger partial charge >= 0.3 is 6.18 Å². The van der Waals surface area contributed by atoms with Gasteiger partial charge in [0.05, 0.1) is 6.42 Å². The molecule has 0 bridgehead atoms. The molecule has 1 rings (SSSR count). The third kappa shape index (κ3) is 5.77. The van der Waals surface area contributed by atoms with Gasteiger partial charge in [0.15, 0.2) is 5.78 Å². The van der Waals surface area contributed by atoms with Crippen LogP contribution >= 0.6 is 0 Å². The zero-order chi connectivity index (χ0) is 13.6. The normalized spacial score (nSPS) is 11.6. The number of hydrogen-bond donors (Lipinski definition) is 0. The van der Waals surface area contributed by atoms with E-state index in [0.717, 1.165) is 12.0 Å². The van der Waals surface area contributed by atoms with Crippen LogP contribution in [0.15, 0.2) is 18.3 Å². The van der Waals surface area contributed by atoms with E-state index in [1.807, 2.05) is 13.0 Å². The standard InChI is InChI=1S/C12H14F3NO2/c1-2-9-3-4-10(16-6-9)5-11(17)7-18-8-12(13,14)15/h3-4,6H,2,5,7-8H2,1H3. The van der Waals surface area contributed by atoms with E-state index in [1.54, 1.807) is 12.3 Å². The molecule has 18 heavy (non-hydrogen) atoms. The Balaban J connectivity index is 2.35. The summed E-state index contributed by atoms with van der Waals surface area (Å²) in [6, 6.07) is 3.53. The first-order valence-corrected chi connectivity index (χ1v) is 5.50. The minimum absolute atomic E-state index is 0.0121. The third-order valence-corrected chi connectivity index (χ3v) is 2.20. The van der Waals surface area contributed by atoms with Gasteiger partial charge in [0.2, 0.25) is 0 Å². The highest BCUT2D eigenvalue weighted by atomic mass is 19.4. The predicted molar refractivity (Wildman–Crippen MR) is 59.2 cm³/mol. The number of aromatic nitrogens is 1. The summed E-state index contributed by atoms with van der Waals surface area (Å²) in [4.78, 5) is 15.4. The van der Waals surface area contributed by atoms with Crippen LogP contribution in [0.4, 0.5) is 13.2 Å². The zero-order valence-corrected chi connectivity index (χ0v) is 9.96. The number of Topliss-reactive ketones (excluding diaryl/α,β-unsaturated/α-hetero) is 1. The number of carbonyl (C=O) groups excluding carboxylic acids is 1. The summed E-state index contributed by atoms with van der Waals surface area (Å²) in [5, 5.41) is 0. The van der Waals surface area contributed by atoms with E-state index in [4.69, 9.17) is 0 Å². The van der Waals surface area contributed by atoms with E-state index in [0.29, 0.717) is 5.69 Å². The molecule has 0 atom stereocenters. The minimum atomic E-state index is -4.40. The number of carbonyl (C=O) groups is 1. The van der Waals surface area contributed by atoms with Gasteiger partial charge in [0.1, 0.15) is 13.2 Å². The van der Waals surface area contributed by atoms with Crippen molar-refractivity contribution in [3.05, 3.63) is 29.6 Å². The Labute approximate surface area is 103 Å². The smallest absolute Gasteiger partial charge is 0.364 e. The van der Waals surface area contributed by atoms with Crippen LogP contribution in [-0.4, -0.2) is 30.2 Å². The molecule has 0 aliphatic rings. The largest absolute Gasteiger partial charge is 0.411 e. The van der Waals surface area contributed by atoms with Gasteiger partial charge in [0.25, 0.3) is 0 Å². The van der Waals surface area contributed by atoms with Gasteiger partial charge in [-0.3, -0.25) is 9.78 Å². The van der Waals surface area contributed by atoms with Crippen molar-refractivity contribution in [2.45, 2.75) is 25.9 Å². The molecule has 100 valence electrons. The number of ketones is 1. The van der Waals surface area contributed by atoms with E-state index in [1.165, 1.54) is 0 Å². The molecule has 1 aromatic rings. The first-order chi connectivity index (χ1) is 8.40. The van der Waals surface area contributed by atoms with Crippen molar-refractivity contribution >= 4 is 5.78 Å². The number of pyridine rings is 1. The van der Waals surface area contributed by atoms with E-state index >= 15 is 0 Å². The Morgan fingerprint density at radius 1 is 1.39 bits per heavy atom. The molecule has 6 heteroatoms. The summed E-state index contributed by atoms with van der Waals surface area (Å²) < 4.78 is 39.6. The summed E-state index contributed by atoms with van der Waals surface area (Å²) in [6.07, 6.45) is -1.92. The van der Waals surface area contributed by atoms with Gasteiger partial charge in [-0.25, -0.2) is 0 Å². The quantitative estimate of drug-likeness (QED) is 0.789. The number of nitrogens with zero attached hydrogens (tertiary/aromatic N) is 1. The maximum Gasteiger partial charge on any atom is 0.411 e. The zero-order valence-electron chi connectivity index (χ0n) is 9.96. The van der Waals surface area contributed by atoms with Crippen molar-refractivity contribution in [1.82, 2.24) is 4.98 Å². The van der Waals surface area contributed by atoms with Crippen LogP contribution in [0.1, 0.15) is 18.2 Å². The number of aryl methyl sites for hydroxylation is 1. The fourth-order valence-corrected chi connectivity index (χ4v) is 1.30. The molecular weight excluding hydrogens is 247 g/mol. The summed E-state index contributed by atoms with van der Waals surface area (Å²) in [5.74, 6) is -0.420. The molecule has 0 aromatic carbocycles. The van der Waals surface area contributed by atoms with Crippen molar-refractivity contribution in [1.29, 1.82) is 0 Å². The van der Waals surface area contributed by atoms with Crippen LogP contribution in [-0.2, 0) is 22.4 Å². The van der Waals surface area contributed by atoms with Gasteiger partial charge in [-0.1, -0.05) is 13.0 Å². The number of rotatable bonds is 6. The second-order valence-corrected chi connectivity index (χ2v) is 3.83. The van der Waals surface area contributed by atoms with Gasteiger partial charge in [-0.2, -0.15) is 13.2 Å². The number of halogens is 3. The second kappa shape index (κ2) is 6.49. The summed E-state index contributed by atoms with van der Waals surface area (Å²) >= 11 is 0. The van der Waals surface area contributed by atoms with Crippen LogP contribution < -0.4 is 0 Å². The SMILES string of the molecule is CCc1ccc(CC(=O)COCC(F)(F)F)nc1. The van der Waals surface area contributed by atoms with E-state index in [2.05, 4.69) is 9.72 Å². The fraction of sp³-hybridized carbons (Fsp3) is 0.500. The molecular formula is C12H14F3NO2. The van der Waals surface area contributed by atoms with Gasteiger partial charge in [0, 0.05) is 11.9 Å². The molecule has 0 unspecified atom stereocenters. The summed E-state index contributed by atoms with van der Waals surface area (Å²) in [5.41, 5.74) is 1.58. The lowest BCUT2D eigenvalue weighted by molar-refractivity contribution is -0.175. The lowest BCUT2D eigenvalue weighted by Gasteiger charge is -2.06. The van der Waals surface area contributed by atoms with Gasteiger partial charge < -0.3 is 4.74 Å². The van der Waals surface area contributed by atoms with Crippen molar-refractivity contribution in [3.63, 3.8) is 0 Å². The molecule has 0 spiro atoms. The molecule has 0 aliphatic carbocycles. The monoisotopic (exact) mass is 261 g/mol. The molecule has 0 fully saturated rings. The molecule has 0 saturated heterocycles. The highest BCUT2D eigenvalue weighted by Crippen LogP contribution is 2.14. The molecule has 3 nitrogen and oxygen atoms in total. The summed E-state index contributed by atoms with van der Waals surface area (Å²) in [7, 11) is 0. The Hall–Kier alpha value is -1.43. The number of alkyl halides is 3. The van der Waals surface area contributed by atoms with Crippen molar-refractivity contribution in [2.75, 3.05) is 13.2 Å². The van der Waals surface area contributed by atoms with Crippen molar-refractivity contribution in [3.8, 4) is 0 Å².